The lowest BCUT2D eigenvalue weighted by atomic mass is 9.95. The molecule has 0 aliphatic heterocycles. The number of carbonyl (C=O) groups is 1. The maximum absolute atomic E-state index is 12.5. The Morgan fingerprint density at radius 2 is 1.35 bits per heavy atom. The number of carbonyl (C=O) groups excluding carboxylic acids is 1. The van der Waals surface area contributed by atoms with Crippen LogP contribution in [0.4, 0.5) is 0 Å². The van der Waals surface area contributed by atoms with Gasteiger partial charge in [-0.1, -0.05) is 26.0 Å². The predicted molar refractivity (Wildman–Crippen MR) is 91.0 cm³/mol. The van der Waals surface area contributed by atoms with E-state index in [1.165, 1.54) is 0 Å². The van der Waals surface area contributed by atoms with Gasteiger partial charge in [0.05, 0.1) is 20.3 Å². The van der Waals surface area contributed by atoms with E-state index in [9.17, 15) is 4.79 Å². The average Bonchev–Trinajstić information content (AvgIpc) is 2.59. The molecule has 0 unspecified atom stereocenters. The zero-order valence-electron chi connectivity index (χ0n) is 14.0. The third-order valence-corrected chi connectivity index (χ3v) is 3.78. The molecule has 0 saturated heterocycles. The SMILES string of the molecule is COc1ccc(C(=O)N[C@@H](c2ccc(OC)cc2)C(C)C)cc1. The molecule has 0 aliphatic rings. The van der Waals surface area contributed by atoms with E-state index in [1.807, 2.05) is 24.3 Å². The van der Waals surface area contributed by atoms with E-state index in [2.05, 4.69) is 19.2 Å². The van der Waals surface area contributed by atoms with E-state index < -0.39 is 0 Å². The minimum atomic E-state index is -0.0952. The third kappa shape index (κ3) is 4.25. The maximum atomic E-state index is 12.5. The van der Waals surface area contributed by atoms with Crippen molar-refractivity contribution >= 4 is 5.91 Å². The van der Waals surface area contributed by atoms with Crippen LogP contribution in [0.5, 0.6) is 11.5 Å². The highest BCUT2D eigenvalue weighted by atomic mass is 16.5. The number of hydrogen-bond acceptors (Lipinski definition) is 3. The second kappa shape index (κ2) is 7.68. The molecule has 2 aromatic carbocycles. The zero-order chi connectivity index (χ0) is 16.8. The minimum Gasteiger partial charge on any atom is -0.497 e. The smallest absolute Gasteiger partial charge is 0.251 e. The molecule has 0 fully saturated rings. The lowest BCUT2D eigenvalue weighted by molar-refractivity contribution is 0.0925. The molecule has 4 heteroatoms. The first-order valence-electron chi connectivity index (χ1n) is 7.64. The lowest BCUT2D eigenvalue weighted by Gasteiger charge is -2.23. The van der Waals surface area contributed by atoms with Crippen LogP contribution in [0.15, 0.2) is 48.5 Å². The Labute approximate surface area is 137 Å². The highest BCUT2D eigenvalue weighted by molar-refractivity contribution is 5.94. The highest BCUT2D eigenvalue weighted by Gasteiger charge is 2.19. The van der Waals surface area contributed by atoms with Crippen molar-refractivity contribution in [2.24, 2.45) is 5.92 Å². The van der Waals surface area contributed by atoms with E-state index >= 15 is 0 Å². The van der Waals surface area contributed by atoms with Crippen LogP contribution in [0, 0.1) is 5.92 Å². The molecule has 0 spiro atoms. The third-order valence-electron chi connectivity index (χ3n) is 3.78. The van der Waals surface area contributed by atoms with Gasteiger partial charge in [0, 0.05) is 5.56 Å². The fourth-order valence-electron chi connectivity index (χ4n) is 2.41. The number of methoxy groups -OCH3 is 2. The summed E-state index contributed by atoms with van der Waals surface area (Å²) in [5, 5.41) is 3.10. The Morgan fingerprint density at radius 1 is 0.870 bits per heavy atom. The normalized spacial score (nSPS) is 11.9. The molecule has 0 bridgehead atoms. The fourth-order valence-corrected chi connectivity index (χ4v) is 2.41. The number of ether oxygens (including phenoxy) is 2. The van der Waals surface area contributed by atoms with Crippen molar-refractivity contribution in [3.05, 3.63) is 59.7 Å². The Balaban J connectivity index is 2.15. The summed E-state index contributed by atoms with van der Waals surface area (Å²) in [5.74, 6) is 1.71. The van der Waals surface area contributed by atoms with Gasteiger partial charge in [0.1, 0.15) is 11.5 Å². The first-order chi connectivity index (χ1) is 11.0. The molecule has 122 valence electrons. The molecule has 1 amide bonds. The quantitative estimate of drug-likeness (QED) is 0.881. The first-order valence-corrected chi connectivity index (χ1v) is 7.64. The van der Waals surface area contributed by atoms with E-state index in [-0.39, 0.29) is 17.9 Å². The van der Waals surface area contributed by atoms with Crippen LogP contribution < -0.4 is 14.8 Å². The van der Waals surface area contributed by atoms with E-state index in [0.29, 0.717) is 5.56 Å². The molecule has 0 radical (unpaired) electrons. The second-order valence-electron chi connectivity index (χ2n) is 5.70. The molecule has 0 heterocycles. The van der Waals surface area contributed by atoms with E-state index in [4.69, 9.17) is 9.47 Å². The molecule has 1 atom stereocenters. The number of nitrogens with one attached hydrogen (secondary N) is 1. The van der Waals surface area contributed by atoms with Gasteiger partial charge in [-0.25, -0.2) is 0 Å². The van der Waals surface area contributed by atoms with Gasteiger partial charge in [-0.05, 0) is 47.9 Å². The van der Waals surface area contributed by atoms with Crippen molar-refractivity contribution in [2.75, 3.05) is 14.2 Å². The summed E-state index contributed by atoms with van der Waals surface area (Å²) < 4.78 is 10.3. The summed E-state index contributed by atoms with van der Waals surface area (Å²) >= 11 is 0. The monoisotopic (exact) mass is 313 g/mol. The fraction of sp³-hybridized carbons (Fsp3) is 0.316. The molecule has 23 heavy (non-hydrogen) atoms. The van der Waals surface area contributed by atoms with Gasteiger partial charge in [0.2, 0.25) is 0 Å². The predicted octanol–water partition coefficient (Wildman–Crippen LogP) is 3.83. The molecular weight excluding hydrogens is 290 g/mol. The number of hydrogen-bond donors (Lipinski definition) is 1. The van der Waals surface area contributed by atoms with E-state index in [1.54, 1.807) is 38.5 Å². The number of benzene rings is 2. The summed E-state index contributed by atoms with van der Waals surface area (Å²) in [5.41, 5.74) is 1.67. The van der Waals surface area contributed by atoms with Crippen molar-refractivity contribution in [3.8, 4) is 11.5 Å². The maximum Gasteiger partial charge on any atom is 0.251 e. The zero-order valence-corrected chi connectivity index (χ0v) is 14.0. The van der Waals surface area contributed by atoms with Gasteiger partial charge < -0.3 is 14.8 Å². The standard InChI is InChI=1S/C19H23NO3/c1-13(2)18(14-5-9-16(22-3)10-6-14)20-19(21)15-7-11-17(23-4)12-8-15/h5-13,18H,1-4H3,(H,20,21)/t18-/m1/s1. The van der Waals surface area contributed by atoms with Crippen molar-refractivity contribution in [2.45, 2.75) is 19.9 Å². The molecule has 0 saturated carbocycles. The summed E-state index contributed by atoms with van der Waals surface area (Å²) in [4.78, 5) is 12.5. The molecule has 0 aromatic heterocycles. The highest BCUT2D eigenvalue weighted by Crippen LogP contribution is 2.24. The van der Waals surface area contributed by atoms with Crippen LogP contribution in [0.2, 0.25) is 0 Å². The van der Waals surface area contributed by atoms with Crippen LogP contribution in [-0.2, 0) is 0 Å². The Bertz CT molecular complexity index is 633. The van der Waals surface area contributed by atoms with Crippen molar-refractivity contribution in [3.63, 3.8) is 0 Å². The van der Waals surface area contributed by atoms with Gasteiger partial charge in [0.25, 0.3) is 5.91 Å². The largest absolute Gasteiger partial charge is 0.497 e. The van der Waals surface area contributed by atoms with Crippen LogP contribution in [0.25, 0.3) is 0 Å². The Hall–Kier alpha value is -2.49. The number of amides is 1. The van der Waals surface area contributed by atoms with Gasteiger partial charge in [0.15, 0.2) is 0 Å². The molecule has 0 aliphatic carbocycles. The average molecular weight is 313 g/mol. The summed E-state index contributed by atoms with van der Waals surface area (Å²) in [7, 11) is 3.24. The molecule has 2 rings (SSSR count). The number of rotatable bonds is 6. The Morgan fingerprint density at radius 3 is 1.78 bits per heavy atom. The van der Waals surface area contributed by atoms with Crippen molar-refractivity contribution < 1.29 is 14.3 Å². The van der Waals surface area contributed by atoms with Crippen molar-refractivity contribution in [1.82, 2.24) is 5.32 Å². The van der Waals surface area contributed by atoms with Crippen LogP contribution in [0.1, 0.15) is 35.8 Å². The summed E-state index contributed by atoms with van der Waals surface area (Å²) in [6.45, 7) is 4.17. The van der Waals surface area contributed by atoms with Gasteiger partial charge >= 0.3 is 0 Å². The summed E-state index contributed by atoms with van der Waals surface area (Å²) in [6, 6.07) is 14.8. The first kappa shape index (κ1) is 16.9. The van der Waals surface area contributed by atoms with Gasteiger partial charge in [-0.2, -0.15) is 0 Å². The van der Waals surface area contributed by atoms with Crippen LogP contribution >= 0.6 is 0 Å². The van der Waals surface area contributed by atoms with E-state index in [0.717, 1.165) is 17.1 Å². The minimum absolute atomic E-state index is 0.0597. The van der Waals surface area contributed by atoms with Gasteiger partial charge in [-0.3, -0.25) is 4.79 Å². The van der Waals surface area contributed by atoms with Gasteiger partial charge in [-0.15, -0.1) is 0 Å². The molecular formula is C19H23NO3. The Kier molecular flexibility index (Phi) is 5.63. The lowest BCUT2D eigenvalue weighted by Crippen LogP contribution is -2.31. The van der Waals surface area contributed by atoms with Crippen LogP contribution in [0.3, 0.4) is 0 Å². The molecule has 2 aromatic rings. The summed E-state index contributed by atoms with van der Waals surface area (Å²) in [6.07, 6.45) is 0. The topological polar surface area (TPSA) is 47.6 Å². The molecule has 1 N–H and O–H groups in total. The van der Waals surface area contributed by atoms with Crippen molar-refractivity contribution in [1.29, 1.82) is 0 Å². The molecule has 4 nitrogen and oxygen atoms in total. The second-order valence-corrected chi connectivity index (χ2v) is 5.70. The van der Waals surface area contributed by atoms with Crippen LogP contribution in [-0.4, -0.2) is 20.1 Å².